The highest BCUT2D eigenvalue weighted by Gasteiger charge is 2.17. The highest BCUT2D eigenvalue weighted by atomic mass is 19.1. The summed E-state index contributed by atoms with van der Waals surface area (Å²) in [5.41, 5.74) is 5.45. The standard InChI is InChI=1S/2C25H22FN3O4/c1-32-21-5-3-16(4-6-21)15-29-24-13-18(22(26)12-19(24)14-28-29)11-20(30)9-17-7-8-27-23(10-17)25(31)33-2;1-32-21-5-3-16(4-6-21)14-29-15-19-12-22(26)18(13-23(19)28-29)11-20(30)9-17-7-8-27-24(10-17)25(31)33-2/h3-8,10,12-14H,9,11,15H2,1-2H3;3-8,10,12-13,15H,9,11,14H2,1-2H3. The lowest BCUT2D eigenvalue weighted by molar-refractivity contribution is -0.118. The number of rotatable bonds is 16. The molecule has 0 saturated heterocycles. The fourth-order valence-electron chi connectivity index (χ4n) is 7.19. The van der Waals surface area contributed by atoms with Crippen LogP contribution in [0, 0.1) is 11.6 Å². The largest absolute Gasteiger partial charge is 0.497 e. The van der Waals surface area contributed by atoms with Gasteiger partial charge in [0, 0.05) is 55.0 Å². The van der Waals surface area contributed by atoms with Gasteiger partial charge in [-0.25, -0.2) is 28.3 Å². The van der Waals surface area contributed by atoms with E-state index in [4.69, 9.17) is 9.47 Å². The Balaban J connectivity index is 0.000000196. The number of esters is 2. The van der Waals surface area contributed by atoms with Gasteiger partial charge in [-0.15, -0.1) is 0 Å². The number of methoxy groups -OCH3 is 4. The third-order valence-electron chi connectivity index (χ3n) is 10.5. The van der Waals surface area contributed by atoms with Crippen molar-refractivity contribution >= 4 is 45.3 Å². The van der Waals surface area contributed by atoms with Crippen molar-refractivity contribution in [3.05, 3.63) is 178 Å². The first-order chi connectivity index (χ1) is 31.9. The Morgan fingerprint density at radius 2 is 1.06 bits per heavy atom. The van der Waals surface area contributed by atoms with Crippen molar-refractivity contribution in [1.29, 1.82) is 0 Å². The molecule has 4 heterocycles. The average Bonchev–Trinajstić information content (AvgIpc) is 3.90. The van der Waals surface area contributed by atoms with E-state index in [0.29, 0.717) is 46.1 Å². The minimum Gasteiger partial charge on any atom is -0.497 e. The monoisotopic (exact) mass is 894 g/mol. The summed E-state index contributed by atoms with van der Waals surface area (Å²) in [5, 5.41) is 10.2. The molecule has 8 aromatic rings. The molecule has 8 rings (SSSR count). The number of hydrogen-bond donors (Lipinski definition) is 0. The van der Waals surface area contributed by atoms with Crippen molar-refractivity contribution in [3.8, 4) is 11.5 Å². The Kier molecular flexibility index (Phi) is 14.6. The fraction of sp³-hybridized carbons (Fsp3) is 0.200. The molecule has 0 atom stereocenters. The lowest BCUT2D eigenvalue weighted by atomic mass is 10.0. The van der Waals surface area contributed by atoms with E-state index in [-0.39, 0.29) is 54.2 Å². The van der Waals surface area contributed by atoms with Crippen molar-refractivity contribution in [2.45, 2.75) is 38.8 Å². The molecule has 0 fully saturated rings. The van der Waals surface area contributed by atoms with Crippen molar-refractivity contribution in [3.63, 3.8) is 0 Å². The summed E-state index contributed by atoms with van der Waals surface area (Å²) in [6.45, 7) is 1.03. The van der Waals surface area contributed by atoms with E-state index in [1.54, 1.807) is 60.2 Å². The second kappa shape index (κ2) is 21.0. The highest BCUT2D eigenvalue weighted by Crippen LogP contribution is 2.24. The smallest absolute Gasteiger partial charge is 0.356 e. The maximum atomic E-state index is 14.7. The van der Waals surface area contributed by atoms with E-state index in [1.807, 2.05) is 48.5 Å². The van der Waals surface area contributed by atoms with Crippen LogP contribution in [0.3, 0.4) is 0 Å². The van der Waals surface area contributed by atoms with Crippen molar-refractivity contribution in [1.82, 2.24) is 29.5 Å². The lowest BCUT2D eigenvalue weighted by Gasteiger charge is -2.08. The molecule has 0 N–H and O–H groups in total. The van der Waals surface area contributed by atoms with Gasteiger partial charge >= 0.3 is 11.9 Å². The lowest BCUT2D eigenvalue weighted by Crippen LogP contribution is -2.10. The zero-order chi connectivity index (χ0) is 46.7. The van der Waals surface area contributed by atoms with Crippen molar-refractivity contribution < 1.29 is 46.9 Å². The van der Waals surface area contributed by atoms with Gasteiger partial charge in [0.2, 0.25) is 0 Å². The Morgan fingerprint density at radius 1 is 0.561 bits per heavy atom. The number of aromatic nitrogens is 6. The van der Waals surface area contributed by atoms with E-state index in [1.165, 1.54) is 50.9 Å². The maximum Gasteiger partial charge on any atom is 0.356 e. The summed E-state index contributed by atoms with van der Waals surface area (Å²) in [6, 6.07) is 27.6. The van der Waals surface area contributed by atoms with Gasteiger partial charge in [0.15, 0.2) is 0 Å². The Labute approximate surface area is 377 Å². The molecular weight excluding hydrogens is 851 g/mol. The molecule has 4 aromatic heterocycles. The van der Waals surface area contributed by atoms with Crippen LogP contribution in [-0.4, -0.2) is 81.5 Å². The number of carbonyl (C=O) groups excluding carboxylic acids is 4. The Morgan fingerprint density at radius 3 is 1.58 bits per heavy atom. The van der Waals surface area contributed by atoms with Gasteiger partial charge in [-0.05, 0) is 106 Å². The van der Waals surface area contributed by atoms with Crippen LogP contribution >= 0.6 is 0 Å². The molecule has 0 unspecified atom stereocenters. The molecule has 336 valence electrons. The average molecular weight is 895 g/mol. The molecule has 0 amide bonds. The topological polar surface area (TPSA) is 167 Å². The summed E-state index contributed by atoms with van der Waals surface area (Å²) in [5.74, 6) is -0.898. The third-order valence-corrected chi connectivity index (χ3v) is 10.5. The molecular formula is C50H44F2N6O8. The first kappa shape index (κ1) is 45.9. The summed E-state index contributed by atoms with van der Waals surface area (Å²) in [7, 11) is 5.75. The van der Waals surface area contributed by atoms with Crippen LogP contribution in [0.1, 0.15) is 54.4 Å². The van der Waals surface area contributed by atoms with Gasteiger partial charge in [-0.2, -0.15) is 10.2 Å². The highest BCUT2D eigenvalue weighted by molar-refractivity contribution is 5.90. The van der Waals surface area contributed by atoms with E-state index >= 15 is 0 Å². The van der Waals surface area contributed by atoms with Crippen molar-refractivity contribution in [2.75, 3.05) is 28.4 Å². The molecule has 0 radical (unpaired) electrons. The Bertz CT molecular complexity index is 3030. The molecule has 0 aliphatic rings. The van der Waals surface area contributed by atoms with Crippen molar-refractivity contribution in [2.24, 2.45) is 0 Å². The van der Waals surface area contributed by atoms with E-state index < -0.39 is 23.6 Å². The number of Topliss-reactive ketones (excluding diaryl/α,β-unsaturated/α-hetero) is 2. The molecule has 0 spiro atoms. The summed E-state index contributed by atoms with van der Waals surface area (Å²) in [4.78, 5) is 56.4. The van der Waals surface area contributed by atoms with E-state index in [0.717, 1.165) is 28.1 Å². The molecule has 4 aromatic carbocycles. The predicted molar refractivity (Wildman–Crippen MR) is 240 cm³/mol. The normalized spacial score (nSPS) is 10.9. The van der Waals surface area contributed by atoms with Crippen LogP contribution < -0.4 is 9.47 Å². The minimum atomic E-state index is -0.578. The zero-order valence-corrected chi connectivity index (χ0v) is 36.5. The molecule has 0 saturated carbocycles. The number of ketones is 2. The number of pyridine rings is 2. The van der Waals surface area contributed by atoms with Crippen LogP contribution in [0.4, 0.5) is 8.78 Å². The van der Waals surface area contributed by atoms with Gasteiger partial charge < -0.3 is 18.9 Å². The summed E-state index contributed by atoms with van der Waals surface area (Å²) >= 11 is 0. The number of hydrogen-bond acceptors (Lipinski definition) is 12. The van der Waals surface area contributed by atoms with Crippen LogP contribution in [0.25, 0.3) is 21.8 Å². The van der Waals surface area contributed by atoms with Crippen LogP contribution in [0.2, 0.25) is 0 Å². The Hall–Kier alpha value is -8.14. The summed E-state index contributed by atoms with van der Waals surface area (Å²) in [6.07, 6.45) is 6.22. The molecule has 14 nitrogen and oxygen atoms in total. The minimum absolute atomic E-state index is 0.0507. The first-order valence-corrected chi connectivity index (χ1v) is 20.6. The number of halogens is 2. The van der Waals surface area contributed by atoms with Gasteiger partial charge in [0.25, 0.3) is 0 Å². The first-order valence-electron chi connectivity index (χ1n) is 20.6. The van der Waals surface area contributed by atoms with E-state index in [9.17, 15) is 28.0 Å². The van der Waals surface area contributed by atoms with Gasteiger partial charge in [0.1, 0.15) is 46.1 Å². The molecule has 0 aliphatic heterocycles. The second-order valence-electron chi connectivity index (χ2n) is 15.2. The number of ether oxygens (including phenoxy) is 4. The quantitative estimate of drug-likeness (QED) is 0.0877. The number of benzene rings is 4. The van der Waals surface area contributed by atoms with Crippen LogP contribution in [-0.2, 0) is 57.8 Å². The summed E-state index contributed by atoms with van der Waals surface area (Å²) < 4.78 is 52.5. The maximum absolute atomic E-state index is 14.7. The van der Waals surface area contributed by atoms with Crippen LogP contribution in [0.15, 0.2) is 122 Å². The van der Waals surface area contributed by atoms with Gasteiger partial charge in [0.05, 0.1) is 58.8 Å². The van der Waals surface area contributed by atoms with Gasteiger partial charge in [-0.1, -0.05) is 24.3 Å². The zero-order valence-electron chi connectivity index (χ0n) is 36.5. The number of fused-ring (bicyclic) bond motifs is 2. The van der Waals surface area contributed by atoms with E-state index in [2.05, 4.69) is 29.6 Å². The number of nitrogens with zero attached hydrogens (tertiary/aromatic N) is 6. The molecule has 0 bridgehead atoms. The van der Waals surface area contributed by atoms with Gasteiger partial charge in [-0.3, -0.25) is 19.0 Å². The number of carbonyl (C=O) groups is 4. The molecule has 66 heavy (non-hydrogen) atoms. The third kappa shape index (κ3) is 11.5. The molecule has 0 aliphatic carbocycles. The fourth-order valence-corrected chi connectivity index (χ4v) is 7.19. The van der Waals surface area contributed by atoms with Crippen LogP contribution in [0.5, 0.6) is 11.5 Å². The SMILES string of the molecule is COC(=O)c1cc(CC(=O)Cc2cc3c(cnn3Cc3ccc(OC)cc3)cc2F)ccn1.COC(=O)c1cc(CC(=O)Cc2cc3nn(Cc4ccc(OC)cc4)cc3cc2F)ccn1. The molecule has 16 heteroatoms. The predicted octanol–water partition coefficient (Wildman–Crippen LogP) is 7.54. The second-order valence-corrected chi connectivity index (χ2v) is 15.2.